The van der Waals surface area contributed by atoms with E-state index < -0.39 is 5.25 Å². The highest BCUT2D eigenvalue weighted by molar-refractivity contribution is 8.00. The molecule has 5 rings (SSSR count). The Bertz CT molecular complexity index is 1570. The Morgan fingerprint density at radius 1 is 0.953 bits per heavy atom. The minimum Gasteiger partial charge on any atom is -0.356 e. The maximum Gasteiger partial charge on any atom is 0.262 e. The first-order valence-corrected chi connectivity index (χ1v) is 16.0. The number of nitrogens with one attached hydrogen (secondary N) is 2. The van der Waals surface area contributed by atoms with Gasteiger partial charge in [0, 0.05) is 37.9 Å². The van der Waals surface area contributed by atoms with Crippen LogP contribution < -0.4 is 16.2 Å². The van der Waals surface area contributed by atoms with Gasteiger partial charge in [0.2, 0.25) is 11.8 Å². The average Bonchev–Trinajstić information content (AvgIpc) is 3.05. The summed E-state index contributed by atoms with van der Waals surface area (Å²) in [6, 6.07) is 21.3. The maximum absolute atomic E-state index is 13.7. The van der Waals surface area contributed by atoms with Crippen molar-refractivity contribution in [3.05, 3.63) is 101 Å². The van der Waals surface area contributed by atoms with Gasteiger partial charge in [-0.25, -0.2) is 4.98 Å². The van der Waals surface area contributed by atoms with Crippen molar-refractivity contribution in [1.29, 1.82) is 0 Å². The number of carbonyl (C=O) groups excluding carboxylic acids is 2. The molecule has 2 N–H and O–H groups in total. The molecule has 1 atom stereocenters. The van der Waals surface area contributed by atoms with Crippen molar-refractivity contribution in [2.75, 3.05) is 6.54 Å². The summed E-state index contributed by atoms with van der Waals surface area (Å²) >= 11 is 1.35. The third-order valence-corrected chi connectivity index (χ3v) is 9.50. The number of para-hydroxylation sites is 1. The number of rotatable bonds is 12. The van der Waals surface area contributed by atoms with E-state index in [2.05, 4.69) is 27.8 Å². The van der Waals surface area contributed by atoms with Crippen molar-refractivity contribution in [2.24, 2.45) is 11.8 Å². The summed E-state index contributed by atoms with van der Waals surface area (Å²) in [6.45, 7) is 3.52. The maximum atomic E-state index is 13.7. The molecule has 1 aliphatic rings. The molecule has 8 nitrogen and oxygen atoms in total. The quantitative estimate of drug-likeness (QED) is 0.173. The topological polar surface area (TPSA) is 106 Å². The predicted molar refractivity (Wildman–Crippen MR) is 171 cm³/mol. The Kier molecular flexibility index (Phi) is 10.6. The molecule has 0 saturated heterocycles. The number of amides is 2. The Balaban J connectivity index is 1.23. The lowest BCUT2D eigenvalue weighted by Gasteiger charge is -2.29. The largest absolute Gasteiger partial charge is 0.356 e. The number of hydrogen-bond donors (Lipinski definition) is 2. The molecule has 1 unspecified atom stereocenters. The van der Waals surface area contributed by atoms with Gasteiger partial charge in [-0.05, 0) is 73.8 Å². The van der Waals surface area contributed by atoms with Crippen LogP contribution in [-0.4, -0.2) is 38.1 Å². The molecule has 224 valence electrons. The van der Waals surface area contributed by atoms with E-state index in [1.807, 2.05) is 61.5 Å². The van der Waals surface area contributed by atoms with Crippen LogP contribution in [0.15, 0.2) is 89.1 Å². The molecule has 0 radical (unpaired) electrons. The molecule has 4 aromatic rings. The van der Waals surface area contributed by atoms with Gasteiger partial charge in [-0.1, -0.05) is 67.2 Å². The van der Waals surface area contributed by atoms with Crippen molar-refractivity contribution in [1.82, 2.24) is 25.2 Å². The summed E-state index contributed by atoms with van der Waals surface area (Å²) in [6.07, 6.45) is 8.18. The second-order valence-electron chi connectivity index (χ2n) is 11.2. The number of hydrogen-bond acceptors (Lipinski definition) is 6. The summed E-state index contributed by atoms with van der Waals surface area (Å²) in [5, 5.41) is 6.87. The van der Waals surface area contributed by atoms with Gasteiger partial charge >= 0.3 is 0 Å². The molecule has 43 heavy (non-hydrogen) atoms. The van der Waals surface area contributed by atoms with Crippen LogP contribution in [0.5, 0.6) is 0 Å². The fraction of sp³-hybridized carbons (Fsp3) is 0.382. The highest BCUT2D eigenvalue weighted by Gasteiger charge is 2.28. The molecule has 0 aliphatic heterocycles. The van der Waals surface area contributed by atoms with Crippen LogP contribution in [0.25, 0.3) is 10.9 Å². The van der Waals surface area contributed by atoms with Crippen molar-refractivity contribution < 1.29 is 9.59 Å². The van der Waals surface area contributed by atoms with E-state index in [1.54, 1.807) is 17.0 Å². The molecule has 1 aliphatic carbocycles. The third kappa shape index (κ3) is 8.10. The average molecular weight is 598 g/mol. The van der Waals surface area contributed by atoms with Crippen molar-refractivity contribution in [3.8, 4) is 0 Å². The lowest BCUT2D eigenvalue weighted by atomic mass is 9.81. The van der Waals surface area contributed by atoms with Gasteiger partial charge in [0.15, 0.2) is 5.16 Å². The summed E-state index contributed by atoms with van der Waals surface area (Å²) in [5.41, 5.74) is 2.69. The molecule has 2 heterocycles. The van der Waals surface area contributed by atoms with Gasteiger partial charge in [0.25, 0.3) is 5.56 Å². The molecule has 1 fully saturated rings. The molecule has 2 aromatic heterocycles. The molecule has 2 amide bonds. The van der Waals surface area contributed by atoms with E-state index in [4.69, 9.17) is 4.98 Å². The van der Waals surface area contributed by atoms with E-state index in [1.165, 1.54) is 17.3 Å². The first-order chi connectivity index (χ1) is 21.0. The van der Waals surface area contributed by atoms with Crippen LogP contribution in [-0.2, 0) is 29.1 Å². The summed E-state index contributed by atoms with van der Waals surface area (Å²) in [5.74, 6) is 0.288. The normalized spacial score (nSPS) is 17.3. The molecular weight excluding hydrogens is 558 g/mol. The van der Waals surface area contributed by atoms with E-state index in [9.17, 15) is 14.4 Å². The number of aromatic nitrogens is 3. The van der Waals surface area contributed by atoms with Crippen LogP contribution in [0.3, 0.4) is 0 Å². The Morgan fingerprint density at radius 3 is 2.44 bits per heavy atom. The number of carbonyl (C=O) groups is 2. The van der Waals surface area contributed by atoms with Crippen molar-refractivity contribution >= 4 is 34.5 Å². The highest BCUT2D eigenvalue weighted by atomic mass is 32.2. The van der Waals surface area contributed by atoms with Crippen LogP contribution in [0.2, 0.25) is 0 Å². The van der Waals surface area contributed by atoms with Gasteiger partial charge in [-0.15, -0.1) is 0 Å². The van der Waals surface area contributed by atoms with Crippen LogP contribution >= 0.6 is 11.8 Å². The lowest BCUT2D eigenvalue weighted by molar-refractivity contribution is -0.126. The Morgan fingerprint density at radius 2 is 1.70 bits per heavy atom. The number of thioether (sulfide) groups is 1. The van der Waals surface area contributed by atoms with Crippen LogP contribution in [0.1, 0.15) is 50.2 Å². The number of benzene rings is 2. The smallest absolute Gasteiger partial charge is 0.262 e. The van der Waals surface area contributed by atoms with Crippen LogP contribution in [0.4, 0.5) is 0 Å². The zero-order valence-electron chi connectivity index (χ0n) is 24.6. The minimum absolute atomic E-state index is 0.000279. The Labute approximate surface area is 256 Å². The van der Waals surface area contributed by atoms with Gasteiger partial charge in [-0.3, -0.25) is 23.9 Å². The minimum atomic E-state index is -0.397. The number of nitrogens with zero attached hydrogens (tertiary/aromatic N) is 3. The zero-order chi connectivity index (χ0) is 30.0. The van der Waals surface area contributed by atoms with E-state index >= 15 is 0 Å². The molecule has 9 heteroatoms. The molecule has 1 saturated carbocycles. The predicted octanol–water partition coefficient (Wildman–Crippen LogP) is 5.14. The molecule has 0 spiro atoms. The molecule has 0 bridgehead atoms. The summed E-state index contributed by atoms with van der Waals surface area (Å²) in [4.78, 5) is 48.7. The monoisotopic (exact) mass is 597 g/mol. The van der Waals surface area contributed by atoms with Gasteiger partial charge < -0.3 is 10.6 Å². The van der Waals surface area contributed by atoms with E-state index in [-0.39, 0.29) is 29.2 Å². The van der Waals surface area contributed by atoms with Gasteiger partial charge in [0.1, 0.15) is 0 Å². The summed E-state index contributed by atoms with van der Waals surface area (Å²) in [7, 11) is 0. The second kappa shape index (κ2) is 15.0. The van der Waals surface area contributed by atoms with Crippen molar-refractivity contribution in [3.63, 3.8) is 0 Å². The standard InChI is InChI=1S/C34H39N5O3S/c1-2-30(32(41)37-22-26-11-8-19-35-21-26)43-34-38-29-13-7-6-12-28(29)33(42)39(34)23-25-14-16-27(17-15-25)31(40)36-20-18-24-9-4-3-5-10-24/h3-13,19,21,25,27,30H,2,14-18,20,22-23H2,1H3,(H,36,40)(H,37,41). The zero-order valence-corrected chi connectivity index (χ0v) is 25.4. The van der Waals surface area contributed by atoms with E-state index in [0.29, 0.717) is 42.1 Å². The van der Waals surface area contributed by atoms with Gasteiger partial charge in [-0.2, -0.15) is 0 Å². The summed E-state index contributed by atoms with van der Waals surface area (Å²) < 4.78 is 1.76. The van der Waals surface area contributed by atoms with Gasteiger partial charge in [0.05, 0.1) is 16.2 Å². The SMILES string of the molecule is CCC(Sc1nc2ccccc2c(=O)n1CC1CCC(C(=O)NCCc2ccccc2)CC1)C(=O)NCc1cccnc1. The molecule has 2 aromatic carbocycles. The Hall–Kier alpha value is -3.98. The van der Waals surface area contributed by atoms with E-state index in [0.717, 1.165) is 37.7 Å². The van der Waals surface area contributed by atoms with Crippen LogP contribution in [0, 0.1) is 11.8 Å². The van der Waals surface area contributed by atoms with Crippen molar-refractivity contribution in [2.45, 2.75) is 68.9 Å². The highest BCUT2D eigenvalue weighted by Crippen LogP contribution is 2.32. The first kappa shape index (κ1) is 30.5. The fourth-order valence-corrected chi connectivity index (χ4v) is 6.69. The fourth-order valence-electron chi connectivity index (χ4n) is 5.64. The molecular formula is C34H39N5O3S. The third-order valence-electron chi connectivity index (χ3n) is 8.14. The number of pyridine rings is 1. The number of fused-ring (bicyclic) bond motifs is 1. The lowest BCUT2D eigenvalue weighted by Crippen LogP contribution is -2.36. The first-order valence-electron chi connectivity index (χ1n) is 15.2. The second-order valence-corrected chi connectivity index (χ2v) is 12.3.